The first-order valence-electron chi connectivity index (χ1n) is 9.04. The van der Waals surface area contributed by atoms with E-state index in [4.69, 9.17) is 16.7 Å². The van der Waals surface area contributed by atoms with Crippen LogP contribution in [0.25, 0.3) is 0 Å². The number of thiophene rings is 1. The number of sulfonamides is 2. The molecule has 132 valence electrons. The van der Waals surface area contributed by atoms with E-state index < -0.39 is 59.5 Å². The third-order valence-corrected chi connectivity index (χ3v) is 7.45. The zero-order valence-corrected chi connectivity index (χ0v) is 14.9. The average Bonchev–Trinajstić information content (AvgIpc) is 2.98. The Bertz CT molecular complexity index is 966. The first-order valence-corrected chi connectivity index (χ1v) is 10.3. The van der Waals surface area contributed by atoms with Gasteiger partial charge in [0.2, 0.25) is 10.0 Å². The van der Waals surface area contributed by atoms with E-state index in [1.807, 2.05) is 0 Å². The fourth-order valence-corrected chi connectivity index (χ4v) is 5.63. The van der Waals surface area contributed by atoms with Crippen LogP contribution in [-0.2, 0) is 24.8 Å². The molecule has 0 amide bonds. The van der Waals surface area contributed by atoms with Gasteiger partial charge in [0.1, 0.15) is 8.42 Å². The number of likely N-dealkylation sites (N-methyl/N-ethyl adjacent to an activating group) is 1. The highest BCUT2D eigenvalue weighted by atomic mass is 32.3. The molecule has 3 N–H and O–H groups in total. The maximum absolute atomic E-state index is 13.1. The predicted molar refractivity (Wildman–Crippen MR) is 87.4 cm³/mol. The molecule has 0 unspecified atom stereocenters. The number of nitrogens with two attached hydrogens (primary N) is 1. The third kappa shape index (κ3) is 3.92. The van der Waals surface area contributed by atoms with Gasteiger partial charge in [-0.1, -0.05) is 6.92 Å². The summed E-state index contributed by atoms with van der Waals surface area (Å²) < 4.78 is 95.0. The molecular formula is C12H21N3O5S3. The summed E-state index contributed by atoms with van der Waals surface area (Å²) in [6, 6.07) is -1.63. The Labute approximate surface area is 147 Å². The number of nitrogens with zero attached hydrogens (tertiary/aromatic N) is 1. The van der Waals surface area contributed by atoms with E-state index in [1.54, 1.807) is 6.92 Å². The molecule has 0 bridgehead atoms. The summed E-state index contributed by atoms with van der Waals surface area (Å²) in [5.41, 5.74) is -0.438. The van der Waals surface area contributed by atoms with Gasteiger partial charge in [-0.2, -0.15) is 4.31 Å². The first kappa shape index (κ1) is 12.8. The molecule has 0 radical (unpaired) electrons. The van der Waals surface area contributed by atoms with Gasteiger partial charge >= 0.3 is 0 Å². The summed E-state index contributed by atoms with van der Waals surface area (Å²) in [6.45, 7) is -4.50. The second kappa shape index (κ2) is 7.13. The maximum atomic E-state index is 13.1. The van der Waals surface area contributed by atoms with E-state index in [0.717, 1.165) is 6.07 Å². The lowest BCUT2D eigenvalue weighted by Gasteiger charge is -2.32. The molecule has 1 aromatic rings. The Kier molecular flexibility index (Phi) is 3.95. The number of rotatable bonds is 7. The van der Waals surface area contributed by atoms with Crippen LogP contribution in [0.15, 0.2) is 14.5 Å². The molecule has 2 rings (SSSR count). The number of primary sulfonamides is 1. The molecule has 0 aliphatic carbocycles. The molecular weight excluding hydrogens is 362 g/mol. The van der Waals surface area contributed by atoms with Gasteiger partial charge in [0.15, 0.2) is 0 Å². The summed E-state index contributed by atoms with van der Waals surface area (Å²) in [7, 11) is -7.89. The van der Waals surface area contributed by atoms with Crippen molar-refractivity contribution >= 4 is 31.4 Å². The average molecular weight is 389 g/mol. The summed E-state index contributed by atoms with van der Waals surface area (Å²) in [4.78, 5) is 0. The van der Waals surface area contributed by atoms with E-state index in [0.29, 0.717) is 0 Å². The lowest BCUT2D eigenvalue weighted by atomic mass is 10.1. The van der Waals surface area contributed by atoms with Gasteiger partial charge in [0.05, 0.1) is 1.37 Å². The fraction of sp³-hybridized carbons (Fsp3) is 0.667. The van der Waals surface area contributed by atoms with Crippen molar-refractivity contribution in [2.75, 3.05) is 33.3 Å². The van der Waals surface area contributed by atoms with Crippen molar-refractivity contribution in [1.29, 1.82) is 0 Å². The lowest BCUT2D eigenvalue weighted by molar-refractivity contribution is 0.185. The van der Waals surface area contributed by atoms with Crippen LogP contribution in [0.3, 0.4) is 0 Å². The molecule has 0 saturated heterocycles. The van der Waals surface area contributed by atoms with Crippen LogP contribution in [0.4, 0.5) is 0 Å². The predicted octanol–water partition coefficient (Wildman–Crippen LogP) is 0.0869. The van der Waals surface area contributed by atoms with Crippen molar-refractivity contribution in [3.8, 4) is 0 Å². The van der Waals surface area contributed by atoms with Gasteiger partial charge in [0, 0.05) is 43.8 Å². The SMILES string of the molecule is [2H]C([2H])(CCOC)N1C([2H])([2H])[C@]([2H])(NCC)c2cc(S(N)(=O)=O)sc2S1(=O)=O. The van der Waals surface area contributed by atoms with Gasteiger partial charge in [-0.25, -0.2) is 22.0 Å². The minimum atomic E-state index is -4.84. The Morgan fingerprint density at radius 2 is 2.39 bits per heavy atom. The number of ether oxygens (including phenoxy) is 1. The van der Waals surface area contributed by atoms with Crippen LogP contribution in [0.1, 0.15) is 31.8 Å². The van der Waals surface area contributed by atoms with E-state index >= 15 is 0 Å². The number of hydrogen-bond acceptors (Lipinski definition) is 7. The summed E-state index contributed by atoms with van der Waals surface area (Å²) in [5, 5.41) is 7.61. The Morgan fingerprint density at radius 1 is 1.70 bits per heavy atom. The van der Waals surface area contributed by atoms with Crippen molar-refractivity contribution in [2.24, 2.45) is 5.14 Å². The van der Waals surface area contributed by atoms with Gasteiger partial charge in [-0.3, -0.25) is 0 Å². The number of hydrogen-bond donors (Lipinski definition) is 2. The lowest BCUT2D eigenvalue weighted by Crippen LogP contribution is -2.43. The molecule has 0 aromatic carbocycles. The summed E-state index contributed by atoms with van der Waals surface area (Å²) >= 11 is 0.255. The van der Waals surface area contributed by atoms with Crippen LogP contribution in [-0.4, -0.2) is 54.4 Å². The Morgan fingerprint density at radius 3 is 2.96 bits per heavy atom. The van der Waals surface area contributed by atoms with E-state index in [1.165, 1.54) is 7.11 Å². The van der Waals surface area contributed by atoms with Crippen molar-refractivity contribution in [3.63, 3.8) is 0 Å². The van der Waals surface area contributed by atoms with Crippen molar-refractivity contribution in [3.05, 3.63) is 11.6 Å². The molecule has 11 heteroatoms. The third-order valence-electron chi connectivity index (χ3n) is 2.83. The highest BCUT2D eigenvalue weighted by Gasteiger charge is 2.39. The largest absolute Gasteiger partial charge is 0.385 e. The molecule has 1 aliphatic rings. The summed E-state index contributed by atoms with van der Waals surface area (Å²) in [5.74, 6) is 0. The highest BCUT2D eigenvalue weighted by Crippen LogP contribution is 2.39. The van der Waals surface area contributed by atoms with E-state index in [9.17, 15) is 16.8 Å². The molecule has 0 spiro atoms. The minimum absolute atomic E-state index is 0.0204. The van der Waals surface area contributed by atoms with Gasteiger partial charge in [-0.05, 0) is 19.0 Å². The maximum Gasteiger partial charge on any atom is 0.252 e. The van der Waals surface area contributed by atoms with Crippen LogP contribution in [0.2, 0.25) is 0 Å². The first-order chi connectivity index (χ1) is 12.6. The standard InChI is InChI=1S/C12H21N3O5S3/c1-3-14-10-8-15(5-4-6-20-2)23(18,19)12-9(10)7-11(21-12)22(13,16)17/h7,10,14H,3-6,8H2,1-2H3,(H2,13,16,17)/t10-/m0/s1/i5D2,8D2,10D. The van der Waals surface area contributed by atoms with Crippen molar-refractivity contribution in [1.82, 2.24) is 9.62 Å². The number of methoxy groups -OCH3 is 1. The van der Waals surface area contributed by atoms with Crippen LogP contribution in [0, 0.1) is 0 Å². The quantitative estimate of drug-likeness (QED) is 0.683. The minimum Gasteiger partial charge on any atom is -0.385 e. The number of fused-ring (bicyclic) bond motifs is 1. The van der Waals surface area contributed by atoms with E-state index in [-0.39, 0.29) is 28.8 Å². The summed E-state index contributed by atoms with van der Waals surface area (Å²) in [6.07, 6.45) is -0.507. The second-order valence-electron chi connectivity index (χ2n) is 4.50. The van der Waals surface area contributed by atoms with Crippen LogP contribution < -0.4 is 10.5 Å². The topological polar surface area (TPSA) is 119 Å². The Balaban J connectivity index is 2.88. The van der Waals surface area contributed by atoms with Gasteiger partial charge in [0.25, 0.3) is 10.0 Å². The van der Waals surface area contributed by atoms with Gasteiger partial charge in [-0.15, -0.1) is 11.3 Å². The normalized spacial score (nSPS) is 30.5. The molecule has 1 aliphatic heterocycles. The van der Waals surface area contributed by atoms with Gasteiger partial charge < -0.3 is 10.1 Å². The molecule has 1 atom stereocenters. The molecule has 2 heterocycles. The van der Waals surface area contributed by atoms with Crippen LogP contribution >= 0.6 is 11.3 Å². The fourth-order valence-electron chi connectivity index (χ4n) is 1.85. The Hall–Kier alpha value is -0.560. The second-order valence-corrected chi connectivity index (χ2v) is 9.32. The molecule has 23 heavy (non-hydrogen) atoms. The zero-order chi connectivity index (χ0) is 21.8. The van der Waals surface area contributed by atoms with E-state index in [2.05, 4.69) is 5.32 Å². The molecule has 0 fully saturated rings. The highest BCUT2D eigenvalue weighted by molar-refractivity contribution is 7.94. The van der Waals surface area contributed by atoms with Crippen molar-refractivity contribution < 1.29 is 28.4 Å². The zero-order valence-electron chi connectivity index (χ0n) is 17.5. The van der Waals surface area contributed by atoms with Crippen molar-refractivity contribution in [2.45, 2.75) is 27.8 Å². The van der Waals surface area contributed by atoms with Crippen LogP contribution in [0.5, 0.6) is 0 Å². The molecule has 1 aromatic heterocycles. The molecule has 0 saturated carbocycles. The monoisotopic (exact) mass is 388 g/mol. The number of nitrogens with one attached hydrogen (secondary N) is 1. The molecule has 8 nitrogen and oxygen atoms in total. The smallest absolute Gasteiger partial charge is 0.252 e.